The lowest BCUT2D eigenvalue weighted by molar-refractivity contribution is -0.160. The van der Waals surface area contributed by atoms with Gasteiger partial charge < -0.3 is 34.6 Å². The lowest BCUT2D eigenvalue weighted by atomic mass is 9.70. The molecule has 3 fully saturated rings. The van der Waals surface area contributed by atoms with Gasteiger partial charge in [-0.05, 0) is 62.9 Å². The molecule has 5 rings (SSSR count). The van der Waals surface area contributed by atoms with Crippen LogP contribution >= 0.6 is 15.9 Å². The molecule has 2 bridgehead atoms. The molecule has 52 heavy (non-hydrogen) atoms. The Morgan fingerprint density at radius 3 is 2.35 bits per heavy atom. The fraction of sp³-hybridized carbons (Fsp3) is 0.500. The molecule has 280 valence electrons. The number of ether oxygens (including phenoxy) is 2. The van der Waals surface area contributed by atoms with E-state index in [0.29, 0.717) is 30.5 Å². The van der Waals surface area contributed by atoms with Gasteiger partial charge in [0.15, 0.2) is 0 Å². The van der Waals surface area contributed by atoms with Crippen LogP contribution in [0.5, 0.6) is 0 Å². The maximum Gasteiger partial charge on any atom is 0.313 e. The van der Waals surface area contributed by atoms with Gasteiger partial charge in [0, 0.05) is 42.3 Å². The van der Waals surface area contributed by atoms with Crippen molar-refractivity contribution in [3.63, 3.8) is 0 Å². The molecule has 0 aliphatic carbocycles. The molecule has 11 nitrogen and oxygen atoms in total. The molecule has 2 aromatic rings. The minimum absolute atomic E-state index is 0.0324. The number of likely N-dealkylation sites (tertiary alicyclic amines) is 1. The highest BCUT2D eigenvalue weighted by Gasteiger charge is 2.77. The van der Waals surface area contributed by atoms with E-state index in [9.17, 15) is 24.3 Å². The standard InChI is InChI=1S/C40H51BrN4O7/c1-6-11-17-32(47)42-24-31(26-15-13-12-14-16-26)51-39(50)33-34-37(48)45(27(8-3)25-46)36(40(34)23-30(41)35(33)52-40)38(49)44(22-7-2)29-20-18-28(19-21-29)43(9-4)10-5/h6-7,12-16,18-21,27,30-31,33-36,46H,1-2,8-11,17,22-25H2,3-5H3,(H,42,47)/t27-,30?,31+,33-,34+,35-,36-,40+/m0/s1. The highest BCUT2D eigenvalue weighted by Crippen LogP contribution is 2.61. The zero-order valence-electron chi connectivity index (χ0n) is 30.3. The van der Waals surface area contributed by atoms with Crippen molar-refractivity contribution >= 4 is 51.0 Å². The molecule has 3 aliphatic rings. The van der Waals surface area contributed by atoms with E-state index in [1.165, 1.54) is 4.90 Å². The first-order valence-corrected chi connectivity index (χ1v) is 19.2. The molecule has 2 N–H and O–H groups in total. The maximum absolute atomic E-state index is 15.0. The fourth-order valence-corrected chi connectivity index (χ4v) is 9.04. The zero-order valence-corrected chi connectivity index (χ0v) is 31.9. The summed E-state index contributed by atoms with van der Waals surface area (Å²) in [6.45, 7) is 15.1. The van der Waals surface area contributed by atoms with Crippen LogP contribution in [0.1, 0.15) is 58.1 Å². The lowest BCUT2D eigenvalue weighted by Gasteiger charge is -2.39. The molecular weight excluding hydrogens is 728 g/mol. The van der Waals surface area contributed by atoms with E-state index in [4.69, 9.17) is 9.47 Å². The quantitative estimate of drug-likeness (QED) is 0.124. The van der Waals surface area contributed by atoms with E-state index in [-0.39, 0.29) is 42.8 Å². The largest absolute Gasteiger partial charge is 0.455 e. The lowest BCUT2D eigenvalue weighted by Crippen LogP contribution is -2.59. The van der Waals surface area contributed by atoms with Gasteiger partial charge in [-0.3, -0.25) is 19.2 Å². The summed E-state index contributed by atoms with van der Waals surface area (Å²) in [4.78, 5) is 61.5. The first-order chi connectivity index (χ1) is 25.1. The summed E-state index contributed by atoms with van der Waals surface area (Å²) < 4.78 is 12.9. The van der Waals surface area contributed by atoms with Crippen molar-refractivity contribution in [3.8, 4) is 0 Å². The molecule has 3 aliphatic heterocycles. The zero-order chi connectivity index (χ0) is 37.6. The first-order valence-electron chi connectivity index (χ1n) is 18.3. The number of halogens is 1. The van der Waals surface area contributed by atoms with Gasteiger partial charge in [-0.15, -0.1) is 13.2 Å². The van der Waals surface area contributed by atoms with Crippen molar-refractivity contribution in [3.05, 3.63) is 85.5 Å². The predicted molar refractivity (Wildman–Crippen MR) is 204 cm³/mol. The van der Waals surface area contributed by atoms with Gasteiger partial charge in [-0.1, -0.05) is 65.3 Å². The Morgan fingerprint density at radius 1 is 1.08 bits per heavy atom. The molecule has 1 spiro atoms. The topological polar surface area (TPSA) is 129 Å². The highest BCUT2D eigenvalue weighted by atomic mass is 79.9. The third-order valence-electron chi connectivity index (χ3n) is 10.7. The van der Waals surface area contributed by atoms with Crippen LogP contribution in [0.2, 0.25) is 0 Å². The third-order valence-corrected chi connectivity index (χ3v) is 11.5. The summed E-state index contributed by atoms with van der Waals surface area (Å²) in [6.07, 6.45) is 3.16. The van der Waals surface area contributed by atoms with Crippen LogP contribution in [0.4, 0.5) is 11.4 Å². The summed E-state index contributed by atoms with van der Waals surface area (Å²) in [7, 11) is 0. The van der Waals surface area contributed by atoms with Crippen molar-refractivity contribution in [1.29, 1.82) is 0 Å². The number of carbonyl (C=O) groups is 4. The second-order valence-corrected chi connectivity index (χ2v) is 14.7. The van der Waals surface area contributed by atoms with Crippen molar-refractivity contribution in [1.82, 2.24) is 10.2 Å². The van der Waals surface area contributed by atoms with Gasteiger partial charge >= 0.3 is 5.97 Å². The molecule has 12 heteroatoms. The highest BCUT2D eigenvalue weighted by molar-refractivity contribution is 9.09. The Kier molecular flexibility index (Phi) is 13.0. The number of esters is 1. The monoisotopic (exact) mass is 778 g/mol. The van der Waals surface area contributed by atoms with Crippen molar-refractivity contribution < 1.29 is 33.8 Å². The van der Waals surface area contributed by atoms with E-state index in [0.717, 1.165) is 18.8 Å². The number of aliphatic hydroxyl groups is 1. The number of allylic oxidation sites excluding steroid dienone is 1. The summed E-state index contributed by atoms with van der Waals surface area (Å²) in [5.41, 5.74) is 0.972. The van der Waals surface area contributed by atoms with Gasteiger partial charge in [0.05, 0.1) is 37.1 Å². The number of rotatable bonds is 18. The molecule has 8 atom stereocenters. The Bertz CT molecular complexity index is 1600. The number of hydrogen-bond acceptors (Lipinski definition) is 8. The molecule has 0 radical (unpaired) electrons. The number of aliphatic hydroxyl groups excluding tert-OH is 1. The second kappa shape index (κ2) is 17.2. The van der Waals surface area contributed by atoms with E-state index in [2.05, 4.69) is 53.2 Å². The molecule has 3 amide bonds. The van der Waals surface area contributed by atoms with Crippen molar-refractivity contribution in [2.45, 2.75) is 81.2 Å². The minimum Gasteiger partial charge on any atom is -0.455 e. The molecule has 3 saturated heterocycles. The number of anilines is 2. The molecule has 0 saturated carbocycles. The minimum atomic E-state index is -1.36. The average Bonchev–Trinajstić information content (AvgIpc) is 3.76. The number of amides is 3. The number of carbonyl (C=O) groups excluding carboxylic acids is 4. The Morgan fingerprint density at radius 2 is 1.75 bits per heavy atom. The average molecular weight is 780 g/mol. The summed E-state index contributed by atoms with van der Waals surface area (Å²) >= 11 is 3.73. The van der Waals surface area contributed by atoms with Crippen LogP contribution in [-0.4, -0.2) is 95.1 Å². The van der Waals surface area contributed by atoms with Crippen LogP contribution in [0, 0.1) is 11.8 Å². The number of nitrogens with zero attached hydrogens (tertiary/aromatic N) is 3. The molecule has 1 unspecified atom stereocenters. The summed E-state index contributed by atoms with van der Waals surface area (Å²) in [5, 5.41) is 13.4. The van der Waals surface area contributed by atoms with E-state index in [1.807, 2.05) is 61.5 Å². The van der Waals surface area contributed by atoms with E-state index < -0.39 is 53.6 Å². The normalized spacial score (nSPS) is 25.6. The molecule has 2 aromatic carbocycles. The number of benzene rings is 2. The third kappa shape index (κ3) is 7.43. The summed E-state index contributed by atoms with van der Waals surface area (Å²) in [6, 6.07) is 15.0. The predicted octanol–water partition coefficient (Wildman–Crippen LogP) is 4.94. The number of nitrogens with one attached hydrogen (secondary N) is 1. The second-order valence-electron chi connectivity index (χ2n) is 13.5. The number of alkyl halides is 1. The summed E-state index contributed by atoms with van der Waals surface area (Å²) in [5.74, 6) is -3.72. The van der Waals surface area contributed by atoms with Gasteiger partial charge in [-0.2, -0.15) is 0 Å². The SMILES string of the molecule is C=CCCC(=O)NC[C@@H](OC(=O)[C@@H]1[C@H]2O[C@@]3(CC2Br)[C@H](C(=O)N(CC=C)c2ccc(N(CC)CC)cc2)N([C@@H](CC)CO)C(=O)[C@@H]13)c1ccccc1. The van der Waals surface area contributed by atoms with Crippen molar-refractivity contribution in [2.75, 3.05) is 42.6 Å². The fourth-order valence-electron chi connectivity index (χ4n) is 8.10. The van der Waals surface area contributed by atoms with Crippen LogP contribution < -0.4 is 15.1 Å². The Balaban J connectivity index is 1.50. The van der Waals surface area contributed by atoms with E-state index in [1.54, 1.807) is 17.1 Å². The molecule has 0 aromatic heterocycles. The Labute approximate surface area is 315 Å². The smallest absolute Gasteiger partial charge is 0.313 e. The van der Waals surface area contributed by atoms with Crippen molar-refractivity contribution in [2.24, 2.45) is 11.8 Å². The van der Waals surface area contributed by atoms with Gasteiger partial charge in [0.1, 0.15) is 17.7 Å². The van der Waals surface area contributed by atoms with Crippen LogP contribution in [0.3, 0.4) is 0 Å². The molecular formula is C40H51BrN4O7. The van der Waals surface area contributed by atoms with Gasteiger partial charge in [0.2, 0.25) is 11.8 Å². The van der Waals surface area contributed by atoms with Crippen LogP contribution in [0.15, 0.2) is 79.9 Å². The number of hydrogen-bond donors (Lipinski definition) is 2. The first kappa shape index (κ1) is 39.2. The van der Waals surface area contributed by atoms with Gasteiger partial charge in [0.25, 0.3) is 5.91 Å². The maximum atomic E-state index is 15.0. The van der Waals surface area contributed by atoms with E-state index >= 15 is 0 Å². The van der Waals surface area contributed by atoms with Gasteiger partial charge in [-0.25, -0.2) is 0 Å². The van der Waals surface area contributed by atoms with Crippen LogP contribution in [0.25, 0.3) is 0 Å². The Hall–Kier alpha value is -4.00. The molecule has 3 heterocycles. The van der Waals surface area contributed by atoms with Crippen LogP contribution in [-0.2, 0) is 28.7 Å². The number of fused-ring (bicyclic) bond motifs is 1.